The Hall–Kier alpha value is -2.80. The van der Waals surface area contributed by atoms with Crippen LogP contribution in [0.3, 0.4) is 0 Å². The molecule has 0 saturated heterocycles. The quantitative estimate of drug-likeness (QED) is 0.598. The van der Waals surface area contributed by atoms with E-state index < -0.39 is 0 Å². The van der Waals surface area contributed by atoms with Crippen molar-refractivity contribution < 1.29 is 18.7 Å². The molecule has 1 aromatic carbocycles. The normalized spacial score (nSPS) is 11.1. The third kappa shape index (κ3) is 7.43. The minimum absolute atomic E-state index is 0.0308. The van der Waals surface area contributed by atoms with Crippen molar-refractivity contribution in [3.8, 4) is 0 Å². The van der Waals surface area contributed by atoms with Crippen molar-refractivity contribution in [1.29, 1.82) is 0 Å². The van der Waals surface area contributed by atoms with E-state index in [1.807, 2.05) is 57.2 Å². The van der Waals surface area contributed by atoms with Crippen LogP contribution >= 0.6 is 0 Å². The summed E-state index contributed by atoms with van der Waals surface area (Å²) in [7, 11) is 1.60. The number of hydrogen-bond acceptors (Lipinski definition) is 4. The maximum absolute atomic E-state index is 13.1. The third-order valence-electron chi connectivity index (χ3n) is 5.08. The van der Waals surface area contributed by atoms with Crippen LogP contribution in [-0.2, 0) is 16.1 Å². The lowest BCUT2D eigenvalue weighted by atomic mass is 10.0. The highest BCUT2D eigenvalue weighted by molar-refractivity contribution is 5.92. The van der Waals surface area contributed by atoms with Gasteiger partial charge in [-0.25, -0.2) is 4.79 Å². The fourth-order valence-corrected chi connectivity index (χ4v) is 3.13. The number of amides is 3. The van der Waals surface area contributed by atoms with E-state index in [9.17, 15) is 9.59 Å². The Bertz CT molecular complexity index is 843. The zero-order chi connectivity index (χ0) is 23.0. The van der Waals surface area contributed by atoms with Crippen molar-refractivity contribution in [2.45, 2.75) is 53.1 Å². The third-order valence-corrected chi connectivity index (χ3v) is 5.08. The van der Waals surface area contributed by atoms with Crippen molar-refractivity contribution in [3.05, 3.63) is 53.5 Å². The highest BCUT2D eigenvalue weighted by Crippen LogP contribution is 2.18. The molecule has 0 aliphatic heterocycles. The molecule has 0 spiro atoms. The summed E-state index contributed by atoms with van der Waals surface area (Å²) >= 11 is 0. The summed E-state index contributed by atoms with van der Waals surface area (Å²) in [6.45, 7) is 11.0. The van der Waals surface area contributed by atoms with Gasteiger partial charge >= 0.3 is 6.03 Å². The van der Waals surface area contributed by atoms with Gasteiger partial charge in [0, 0.05) is 25.4 Å². The molecule has 1 N–H and O–H groups in total. The molecule has 0 saturated carbocycles. The topological polar surface area (TPSA) is 75.0 Å². The second kappa shape index (κ2) is 11.6. The van der Waals surface area contributed by atoms with Crippen molar-refractivity contribution in [1.82, 2.24) is 9.80 Å². The molecule has 0 unspecified atom stereocenters. The van der Waals surface area contributed by atoms with Crippen LogP contribution in [0.15, 0.2) is 40.8 Å². The first-order chi connectivity index (χ1) is 14.7. The first kappa shape index (κ1) is 24.5. The smallest absolute Gasteiger partial charge is 0.322 e. The molecule has 0 aliphatic carbocycles. The number of benzene rings is 1. The van der Waals surface area contributed by atoms with Crippen molar-refractivity contribution >= 4 is 17.6 Å². The van der Waals surface area contributed by atoms with E-state index in [4.69, 9.17) is 9.15 Å². The average molecular weight is 430 g/mol. The lowest BCUT2D eigenvalue weighted by molar-refractivity contribution is -0.133. The molecule has 31 heavy (non-hydrogen) atoms. The number of carbonyl (C=O) groups excluding carboxylic acids is 2. The van der Waals surface area contributed by atoms with Crippen LogP contribution in [-0.4, -0.2) is 54.6 Å². The number of nitrogens with zero attached hydrogens (tertiary/aromatic N) is 2. The van der Waals surface area contributed by atoms with Gasteiger partial charge in [0.15, 0.2) is 0 Å². The summed E-state index contributed by atoms with van der Waals surface area (Å²) in [6, 6.07) is 11.1. The van der Waals surface area contributed by atoms with Crippen molar-refractivity contribution in [3.63, 3.8) is 0 Å². The predicted octanol–water partition coefficient (Wildman–Crippen LogP) is 4.63. The molecular formula is C24H35N3O4. The molecule has 0 radical (unpaired) electrons. The fraction of sp³-hybridized carbons (Fsp3) is 0.500. The average Bonchev–Trinajstić information content (AvgIpc) is 3.13. The molecule has 0 fully saturated rings. The zero-order valence-corrected chi connectivity index (χ0v) is 19.5. The van der Waals surface area contributed by atoms with Crippen molar-refractivity contribution in [2.75, 3.05) is 32.1 Å². The van der Waals surface area contributed by atoms with Gasteiger partial charge in [0.05, 0.1) is 13.2 Å². The molecule has 2 aromatic rings. The van der Waals surface area contributed by atoms with E-state index in [0.717, 1.165) is 5.76 Å². The monoisotopic (exact) mass is 429 g/mol. The first-order valence-corrected chi connectivity index (χ1v) is 10.7. The van der Waals surface area contributed by atoms with Gasteiger partial charge in [0.25, 0.3) is 0 Å². The number of aryl methyl sites for hydroxylation is 1. The Morgan fingerprint density at radius 3 is 2.26 bits per heavy atom. The molecule has 7 heteroatoms. The molecule has 0 aliphatic rings. The lowest BCUT2D eigenvalue weighted by Gasteiger charge is -2.29. The number of anilines is 1. The molecule has 1 heterocycles. The minimum atomic E-state index is -0.304. The SMILES string of the molecule is COCCN(Cc1ccc(C)o1)C(=O)CN(C(=O)Nc1ccc(C(C)C)cc1)C(C)C. The van der Waals surface area contributed by atoms with Crippen LogP contribution in [0.4, 0.5) is 10.5 Å². The van der Waals surface area contributed by atoms with Crippen LogP contribution in [0.5, 0.6) is 0 Å². The number of methoxy groups -OCH3 is 1. The summed E-state index contributed by atoms with van der Waals surface area (Å²) < 4.78 is 10.8. The number of rotatable bonds is 10. The zero-order valence-electron chi connectivity index (χ0n) is 19.5. The summed E-state index contributed by atoms with van der Waals surface area (Å²) in [5.41, 5.74) is 1.91. The highest BCUT2D eigenvalue weighted by Gasteiger charge is 2.24. The van der Waals surface area contributed by atoms with E-state index in [1.54, 1.807) is 12.0 Å². The lowest BCUT2D eigenvalue weighted by Crippen LogP contribution is -2.47. The van der Waals surface area contributed by atoms with Crippen LogP contribution in [0.2, 0.25) is 0 Å². The maximum Gasteiger partial charge on any atom is 0.322 e. The number of carbonyl (C=O) groups is 2. The van der Waals surface area contributed by atoms with E-state index in [2.05, 4.69) is 19.2 Å². The Labute approximate surface area is 185 Å². The predicted molar refractivity (Wildman–Crippen MR) is 122 cm³/mol. The van der Waals surface area contributed by atoms with Gasteiger partial charge in [-0.1, -0.05) is 26.0 Å². The Morgan fingerprint density at radius 1 is 1.06 bits per heavy atom. The number of hydrogen-bond donors (Lipinski definition) is 1. The molecule has 0 bridgehead atoms. The Kier molecular flexibility index (Phi) is 9.12. The second-order valence-corrected chi connectivity index (χ2v) is 8.25. The van der Waals surface area contributed by atoms with E-state index in [1.165, 1.54) is 10.5 Å². The molecular weight excluding hydrogens is 394 g/mol. The number of furan rings is 1. The van der Waals surface area contributed by atoms with Crippen LogP contribution in [0.25, 0.3) is 0 Å². The van der Waals surface area contributed by atoms with Gasteiger partial charge in [0.1, 0.15) is 18.1 Å². The highest BCUT2D eigenvalue weighted by atomic mass is 16.5. The molecule has 2 rings (SSSR count). The molecule has 170 valence electrons. The molecule has 7 nitrogen and oxygen atoms in total. The van der Waals surface area contributed by atoms with Gasteiger partial charge in [-0.2, -0.15) is 0 Å². The van der Waals surface area contributed by atoms with E-state index >= 15 is 0 Å². The minimum Gasteiger partial charge on any atom is -0.464 e. The molecule has 0 atom stereocenters. The summed E-state index contributed by atoms with van der Waals surface area (Å²) in [5, 5.41) is 2.90. The Balaban J connectivity index is 2.07. The first-order valence-electron chi connectivity index (χ1n) is 10.7. The Morgan fingerprint density at radius 2 is 1.74 bits per heavy atom. The van der Waals surface area contributed by atoms with Gasteiger partial charge in [-0.3, -0.25) is 4.79 Å². The number of ether oxygens (including phenoxy) is 1. The molecule has 1 aromatic heterocycles. The van der Waals surface area contributed by atoms with Crippen LogP contribution in [0.1, 0.15) is 50.7 Å². The van der Waals surface area contributed by atoms with Crippen LogP contribution < -0.4 is 5.32 Å². The fourth-order valence-electron chi connectivity index (χ4n) is 3.13. The molecule has 3 amide bonds. The summed E-state index contributed by atoms with van der Waals surface area (Å²) in [6.07, 6.45) is 0. The summed E-state index contributed by atoms with van der Waals surface area (Å²) in [5.74, 6) is 1.75. The second-order valence-electron chi connectivity index (χ2n) is 8.25. The van der Waals surface area contributed by atoms with Gasteiger partial charge in [0.2, 0.25) is 5.91 Å². The van der Waals surface area contributed by atoms with Crippen molar-refractivity contribution in [2.24, 2.45) is 0 Å². The van der Waals surface area contributed by atoms with E-state index in [-0.39, 0.29) is 24.5 Å². The number of urea groups is 1. The van der Waals surface area contributed by atoms with Crippen LogP contribution in [0, 0.1) is 6.92 Å². The van der Waals surface area contributed by atoms with E-state index in [0.29, 0.717) is 37.1 Å². The van der Waals surface area contributed by atoms with Gasteiger partial charge in [-0.05, 0) is 56.5 Å². The maximum atomic E-state index is 13.1. The largest absolute Gasteiger partial charge is 0.464 e. The standard InChI is InChI=1S/C24H35N3O4/c1-17(2)20-8-10-21(11-9-20)25-24(29)27(18(3)4)16-23(28)26(13-14-30-6)15-22-12-7-19(5)31-22/h7-12,17-18H,13-16H2,1-6H3,(H,25,29). The van der Waals surface area contributed by atoms with Gasteiger partial charge in [-0.15, -0.1) is 0 Å². The number of nitrogens with one attached hydrogen (secondary N) is 1. The summed E-state index contributed by atoms with van der Waals surface area (Å²) in [4.78, 5) is 29.2. The van der Waals surface area contributed by atoms with Gasteiger partial charge < -0.3 is 24.3 Å².